The summed E-state index contributed by atoms with van der Waals surface area (Å²) in [6.07, 6.45) is 13.2. The van der Waals surface area contributed by atoms with Gasteiger partial charge in [-0.1, -0.05) is 45.4 Å². The minimum Gasteiger partial charge on any atom is -0.393 e. The Kier molecular flexibility index (Phi) is 5.50. The quantitative estimate of drug-likeness (QED) is 0.750. The van der Waals surface area contributed by atoms with Gasteiger partial charge in [0.2, 0.25) is 0 Å². The van der Waals surface area contributed by atoms with Gasteiger partial charge in [0, 0.05) is 6.61 Å². The van der Waals surface area contributed by atoms with Gasteiger partial charge in [-0.05, 0) is 38.0 Å². The number of hydrogen-bond donors (Lipinski definition) is 1. The molecule has 2 nitrogen and oxygen atoms in total. The lowest BCUT2D eigenvalue weighted by atomic mass is 9.74. The molecule has 1 saturated carbocycles. The van der Waals surface area contributed by atoms with Gasteiger partial charge in [-0.15, -0.1) is 0 Å². The average molecular weight is 254 g/mol. The fraction of sp³-hybridized carbons (Fsp3) is 1.00. The fourth-order valence-corrected chi connectivity index (χ4v) is 3.78. The molecule has 0 aromatic heterocycles. The molecule has 0 aromatic rings. The lowest BCUT2D eigenvalue weighted by Crippen LogP contribution is -2.44. The Morgan fingerprint density at radius 3 is 2.72 bits per heavy atom. The van der Waals surface area contributed by atoms with Gasteiger partial charge in [0.15, 0.2) is 0 Å². The van der Waals surface area contributed by atoms with E-state index < -0.39 is 0 Å². The van der Waals surface area contributed by atoms with Crippen molar-refractivity contribution in [2.75, 3.05) is 6.61 Å². The lowest BCUT2D eigenvalue weighted by molar-refractivity contribution is -0.134. The molecule has 2 unspecified atom stereocenters. The van der Waals surface area contributed by atoms with Crippen LogP contribution in [-0.4, -0.2) is 23.4 Å². The zero-order chi connectivity index (χ0) is 12.8. The molecule has 106 valence electrons. The number of rotatable bonds is 5. The highest BCUT2D eigenvalue weighted by Gasteiger charge is 2.40. The van der Waals surface area contributed by atoms with Crippen LogP contribution in [0.1, 0.15) is 77.6 Å². The van der Waals surface area contributed by atoms with E-state index in [-0.39, 0.29) is 11.7 Å². The molecule has 2 rings (SSSR count). The molecule has 0 amide bonds. The van der Waals surface area contributed by atoms with Crippen LogP contribution in [0, 0.1) is 5.92 Å². The molecule has 1 spiro atoms. The maximum absolute atomic E-state index is 10.4. The zero-order valence-electron chi connectivity index (χ0n) is 12.0. The second-order valence-electron chi connectivity index (χ2n) is 6.41. The minimum absolute atomic E-state index is 0.0840. The molecule has 1 N–H and O–H groups in total. The first kappa shape index (κ1) is 14.3. The summed E-state index contributed by atoms with van der Waals surface area (Å²) in [4.78, 5) is 0. The van der Waals surface area contributed by atoms with Crippen molar-refractivity contribution in [3.63, 3.8) is 0 Å². The first-order valence-corrected chi connectivity index (χ1v) is 8.08. The SMILES string of the molecule is CCCCCC(O)C1CCOC2(CCCCC2)C1. The third-order valence-corrected chi connectivity index (χ3v) is 4.94. The van der Waals surface area contributed by atoms with E-state index in [1.165, 1.54) is 51.4 Å². The highest BCUT2D eigenvalue weighted by Crippen LogP contribution is 2.42. The van der Waals surface area contributed by atoms with E-state index in [1.807, 2.05) is 0 Å². The Labute approximate surface area is 112 Å². The number of ether oxygens (including phenoxy) is 1. The Bertz CT molecular complexity index is 228. The second-order valence-corrected chi connectivity index (χ2v) is 6.41. The predicted octanol–water partition coefficient (Wildman–Crippen LogP) is 4.06. The largest absolute Gasteiger partial charge is 0.393 e. The summed E-state index contributed by atoms with van der Waals surface area (Å²) >= 11 is 0. The molecular formula is C16H30O2. The molecule has 1 heterocycles. The number of unbranched alkanes of at least 4 members (excludes halogenated alkanes) is 2. The van der Waals surface area contributed by atoms with Gasteiger partial charge in [0.1, 0.15) is 0 Å². The summed E-state index contributed by atoms with van der Waals surface area (Å²) < 4.78 is 6.10. The maximum Gasteiger partial charge on any atom is 0.0686 e. The van der Waals surface area contributed by atoms with E-state index in [4.69, 9.17) is 4.74 Å². The monoisotopic (exact) mass is 254 g/mol. The minimum atomic E-state index is -0.0840. The zero-order valence-corrected chi connectivity index (χ0v) is 12.0. The molecule has 0 aromatic carbocycles. The molecule has 2 fully saturated rings. The fourth-order valence-electron chi connectivity index (χ4n) is 3.78. The summed E-state index contributed by atoms with van der Waals surface area (Å²) in [5.41, 5.74) is 0.146. The summed E-state index contributed by atoms with van der Waals surface area (Å²) in [6, 6.07) is 0. The summed E-state index contributed by atoms with van der Waals surface area (Å²) in [6.45, 7) is 3.09. The van der Waals surface area contributed by atoms with Gasteiger partial charge >= 0.3 is 0 Å². The molecule has 0 radical (unpaired) electrons. The third kappa shape index (κ3) is 3.71. The normalized spacial score (nSPS) is 29.3. The van der Waals surface area contributed by atoms with E-state index >= 15 is 0 Å². The van der Waals surface area contributed by atoms with Crippen molar-refractivity contribution in [1.29, 1.82) is 0 Å². The van der Waals surface area contributed by atoms with Gasteiger partial charge in [-0.2, -0.15) is 0 Å². The molecule has 18 heavy (non-hydrogen) atoms. The van der Waals surface area contributed by atoms with Crippen LogP contribution in [0.2, 0.25) is 0 Å². The van der Waals surface area contributed by atoms with Crippen LogP contribution in [0.3, 0.4) is 0 Å². The lowest BCUT2D eigenvalue weighted by Gasteiger charge is -2.44. The van der Waals surface area contributed by atoms with Gasteiger partial charge in [-0.25, -0.2) is 0 Å². The summed E-state index contributed by atoms with van der Waals surface area (Å²) in [5, 5.41) is 10.4. The molecule has 2 atom stereocenters. The van der Waals surface area contributed by atoms with Crippen LogP contribution in [0.5, 0.6) is 0 Å². The predicted molar refractivity (Wildman–Crippen MR) is 74.6 cm³/mol. The van der Waals surface area contributed by atoms with Crippen molar-refractivity contribution in [1.82, 2.24) is 0 Å². The number of hydrogen-bond acceptors (Lipinski definition) is 2. The molecule has 2 aliphatic rings. The van der Waals surface area contributed by atoms with E-state index in [1.54, 1.807) is 0 Å². The second kappa shape index (κ2) is 6.91. The van der Waals surface area contributed by atoms with Gasteiger partial charge in [-0.3, -0.25) is 0 Å². The van der Waals surface area contributed by atoms with Crippen molar-refractivity contribution >= 4 is 0 Å². The number of aliphatic hydroxyl groups excluding tert-OH is 1. The standard InChI is InChI=1S/C16H30O2/c1-2-3-5-8-15(17)14-9-12-18-16(13-14)10-6-4-7-11-16/h14-15,17H,2-13H2,1H3. The number of aliphatic hydroxyl groups is 1. The highest BCUT2D eigenvalue weighted by atomic mass is 16.5. The Hall–Kier alpha value is -0.0800. The van der Waals surface area contributed by atoms with Crippen LogP contribution >= 0.6 is 0 Å². The molecule has 1 aliphatic carbocycles. The van der Waals surface area contributed by atoms with Crippen molar-refractivity contribution in [2.45, 2.75) is 89.3 Å². The molecule has 1 saturated heterocycles. The Morgan fingerprint density at radius 2 is 2.00 bits per heavy atom. The van der Waals surface area contributed by atoms with Crippen LogP contribution in [0.25, 0.3) is 0 Å². The first-order chi connectivity index (χ1) is 8.76. The van der Waals surface area contributed by atoms with E-state index in [9.17, 15) is 5.11 Å². The van der Waals surface area contributed by atoms with Crippen molar-refractivity contribution in [3.8, 4) is 0 Å². The summed E-state index contributed by atoms with van der Waals surface area (Å²) in [5.74, 6) is 0.494. The first-order valence-electron chi connectivity index (χ1n) is 8.08. The molecular weight excluding hydrogens is 224 g/mol. The van der Waals surface area contributed by atoms with Gasteiger partial charge in [0.25, 0.3) is 0 Å². The van der Waals surface area contributed by atoms with Crippen LogP contribution in [-0.2, 0) is 4.74 Å². The van der Waals surface area contributed by atoms with Crippen LogP contribution in [0.4, 0.5) is 0 Å². The van der Waals surface area contributed by atoms with E-state index in [2.05, 4.69) is 6.92 Å². The highest BCUT2D eigenvalue weighted by molar-refractivity contribution is 4.91. The third-order valence-electron chi connectivity index (χ3n) is 4.94. The Balaban J connectivity index is 1.81. The van der Waals surface area contributed by atoms with E-state index in [0.29, 0.717) is 5.92 Å². The van der Waals surface area contributed by atoms with Gasteiger partial charge in [0.05, 0.1) is 11.7 Å². The maximum atomic E-state index is 10.4. The van der Waals surface area contributed by atoms with Crippen molar-refractivity contribution in [2.24, 2.45) is 5.92 Å². The van der Waals surface area contributed by atoms with Crippen molar-refractivity contribution < 1.29 is 9.84 Å². The molecule has 0 bridgehead atoms. The Morgan fingerprint density at radius 1 is 1.22 bits per heavy atom. The van der Waals surface area contributed by atoms with Crippen LogP contribution < -0.4 is 0 Å². The average Bonchev–Trinajstić information content (AvgIpc) is 2.40. The smallest absolute Gasteiger partial charge is 0.0686 e. The van der Waals surface area contributed by atoms with E-state index in [0.717, 1.165) is 25.9 Å². The molecule has 2 heteroatoms. The topological polar surface area (TPSA) is 29.5 Å². The van der Waals surface area contributed by atoms with Gasteiger partial charge < -0.3 is 9.84 Å². The van der Waals surface area contributed by atoms with Crippen LogP contribution in [0.15, 0.2) is 0 Å². The molecule has 1 aliphatic heterocycles. The summed E-state index contributed by atoms with van der Waals surface area (Å²) in [7, 11) is 0. The van der Waals surface area contributed by atoms with Crippen molar-refractivity contribution in [3.05, 3.63) is 0 Å².